The minimum absolute atomic E-state index is 0.158. The molecule has 1 atom stereocenters. The number of aryl methyl sites for hydroxylation is 1. The van der Waals surface area contributed by atoms with Crippen molar-refractivity contribution in [2.45, 2.75) is 19.4 Å². The Morgan fingerprint density at radius 1 is 1.22 bits per heavy atom. The maximum absolute atomic E-state index is 11.9. The van der Waals surface area contributed by atoms with Gasteiger partial charge in [0, 0.05) is 0 Å². The maximum Gasteiger partial charge on any atom is 0.255 e. The fraction of sp³-hybridized carbons (Fsp3) is 0.294. The van der Waals surface area contributed by atoms with Gasteiger partial charge in [-0.15, -0.1) is 0 Å². The first-order chi connectivity index (χ1) is 11.1. The summed E-state index contributed by atoms with van der Waals surface area (Å²) in [6, 6.07) is 10.7. The highest BCUT2D eigenvalue weighted by molar-refractivity contribution is 5.97. The topological polar surface area (TPSA) is 91.6 Å². The van der Waals surface area contributed by atoms with E-state index in [0.717, 1.165) is 5.56 Å². The van der Waals surface area contributed by atoms with Crippen molar-refractivity contribution in [2.75, 3.05) is 13.2 Å². The molecule has 0 aliphatic carbocycles. The molecule has 3 N–H and O–H groups in total. The molecule has 2 amide bonds. The van der Waals surface area contributed by atoms with E-state index in [-0.39, 0.29) is 25.0 Å². The van der Waals surface area contributed by atoms with Gasteiger partial charge in [0.25, 0.3) is 5.91 Å². The van der Waals surface area contributed by atoms with E-state index in [4.69, 9.17) is 4.42 Å². The third-order valence-electron chi connectivity index (χ3n) is 3.42. The van der Waals surface area contributed by atoms with Gasteiger partial charge in [-0.1, -0.05) is 30.3 Å². The molecule has 0 aliphatic rings. The van der Waals surface area contributed by atoms with Crippen molar-refractivity contribution < 1.29 is 19.1 Å². The van der Waals surface area contributed by atoms with Gasteiger partial charge < -0.3 is 20.2 Å². The average Bonchev–Trinajstić information content (AvgIpc) is 2.99. The van der Waals surface area contributed by atoms with Gasteiger partial charge in [-0.05, 0) is 25.0 Å². The zero-order valence-corrected chi connectivity index (χ0v) is 12.9. The van der Waals surface area contributed by atoms with Crippen LogP contribution < -0.4 is 10.6 Å². The second-order valence-electron chi connectivity index (χ2n) is 5.21. The lowest BCUT2D eigenvalue weighted by Gasteiger charge is -2.16. The van der Waals surface area contributed by atoms with E-state index in [0.29, 0.717) is 17.7 Å². The van der Waals surface area contributed by atoms with Crippen LogP contribution in [-0.2, 0) is 11.2 Å². The summed E-state index contributed by atoms with van der Waals surface area (Å²) in [7, 11) is 0. The SMILES string of the molecule is Cc1occc1C(=O)NCC(=O)NC(CO)Cc1ccccc1. The number of aliphatic hydroxyl groups excluding tert-OH is 1. The molecule has 2 rings (SSSR count). The Hall–Kier alpha value is -2.60. The zero-order valence-electron chi connectivity index (χ0n) is 12.9. The van der Waals surface area contributed by atoms with Gasteiger partial charge >= 0.3 is 0 Å². The van der Waals surface area contributed by atoms with Crippen LogP contribution in [0.15, 0.2) is 47.1 Å². The fourth-order valence-electron chi connectivity index (χ4n) is 2.21. The van der Waals surface area contributed by atoms with E-state index >= 15 is 0 Å². The summed E-state index contributed by atoms with van der Waals surface area (Å²) in [6.07, 6.45) is 1.95. The Labute approximate surface area is 134 Å². The number of aliphatic hydroxyl groups is 1. The number of rotatable bonds is 7. The van der Waals surface area contributed by atoms with Crippen LogP contribution in [0.25, 0.3) is 0 Å². The molecule has 1 unspecified atom stereocenters. The van der Waals surface area contributed by atoms with Crippen molar-refractivity contribution in [2.24, 2.45) is 0 Å². The number of nitrogens with one attached hydrogen (secondary N) is 2. The molecule has 1 aromatic carbocycles. The maximum atomic E-state index is 11.9. The van der Waals surface area contributed by atoms with Gasteiger partial charge in [-0.3, -0.25) is 9.59 Å². The number of benzene rings is 1. The summed E-state index contributed by atoms with van der Waals surface area (Å²) in [5, 5.41) is 14.6. The van der Waals surface area contributed by atoms with E-state index in [2.05, 4.69) is 10.6 Å². The molecular weight excluding hydrogens is 296 g/mol. The number of hydrogen-bond acceptors (Lipinski definition) is 4. The van der Waals surface area contributed by atoms with E-state index in [1.54, 1.807) is 13.0 Å². The third kappa shape index (κ3) is 4.96. The Morgan fingerprint density at radius 2 is 1.96 bits per heavy atom. The molecule has 122 valence electrons. The summed E-state index contributed by atoms with van der Waals surface area (Å²) >= 11 is 0. The zero-order chi connectivity index (χ0) is 16.7. The standard InChI is InChI=1S/C17H20N2O4/c1-12-15(7-8-23-12)17(22)18-10-16(21)19-14(11-20)9-13-5-3-2-4-6-13/h2-8,14,20H,9-11H2,1H3,(H,18,22)(H,19,21). The first-order valence-corrected chi connectivity index (χ1v) is 7.36. The highest BCUT2D eigenvalue weighted by atomic mass is 16.3. The molecular formula is C17H20N2O4. The van der Waals surface area contributed by atoms with Crippen molar-refractivity contribution in [1.29, 1.82) is 0 Å². The van der Waals surface area contributed by atoms with Crippen LogP contribution in [0.4, 0.5) is 0 Å². The summed E-state index contributed by atoms with van der Waals surface area (Å²) in [5.74, 6) is -0.218. The molecule has 0 bridgehead atoms. The Bertz CT molecular complexity index is 652. The van der Waals surface area contributed by atoms with E-state index < -0.39 is 6.04 Å². The van der Waals surface area contributed by atoms with Crippen LogP contribution in [0, 0.1) is 6.92 Å². The molecule has 1 aromatic heterocycles. The number of hydrogen-bond donors (Lipinski definition) is 3. The first-order valence-electron chi connectivity index (χ1n) is 7.36. The Morgan fingerprint density at radius 3 is 2.57 bits per heavy atom. The number of carbonyl (C=O) groups is 2. The van der Waals surface area contributed by atoms with Crippen molar-refractivity contribution in [3.8, 4) is 0 Å². The molecule has 1 heterocycles. The lowest BCUT2D eigenvalue weighted by atomic mass is 10.1. The number of carbonyl (C=O) groups excluding carboxylic acids is 2. The minimum atomic E-state index is -0.391. The summed E-state index contributed by atoms with van der Waals surface area (Å²) in [5.41, 5.74) is 1.42. The molecule has 6 nitrogen and oxygen atoms in total. The lowest BCUT2D eigenvalue weighted by molar-refractivity contribution is -0.121. The summed E-state index contributed by atoms with van der Waals surface area (Å²) in [6.45, 7) is 1.35. The third-order valence-corrected chi connectivity index (χ3v) is 3.42. The lowest BCUT2D eigenvalue weighted by Crippen LogP contribution is -2.44. The van der Waals surface area contributed by atoms with Gasteiger partial charge in [0.05, 0.1) is 31.0 Å². The normalized spacial score (nSPS) is 11.7. The van der Waals surface area contributed by atoms with Crippen molar-refractivity contribution in [3.05, 3.63) is 59.5 Å². The molecule has 0 saturated heterocycles. The second kappa shape index (κ2) is 8.14. The van der Waals surface area contributed by atoms with Crippen molar-refractivity contribution in [3.63, 3.8) is 0 Å². The molecule has 0 radical (unpaired) electrons. The second-order valence-corrected chi connectivity index (χ2v) is 5.21. The van der Waals surface area contributed by atoms with Crippen LogP contribution in [-0.4, -0.2) is 36.1 Å². The van der Waals surface area contributed by atoms with E-state index in [1.807, 2.05) is 30.3 Å². The van der Waals surface area contributed by atoms with Crippen LogP contribution in [0.2, 0.25) is 0 Å². The minimum Gasteiger partial charge on any atom is -0.469 e. The van der Waals surface area contributed by atoms with Crippen LogP contribution in [0.1, 0.15) is 21.7 Å². The fourth-order valence-corrected chi connectivity index (χ4v) is 2.21. The molecule has 0 aliphatic heterocycles. The summed E-state index contributed by atoms with van der Waals surface area (Å²) < 4.78 is 5.05. The monoisotopic (exact) mass is 316 g/mol. The van der Waals surface area contributed by atoms with Crippen molar-refractivity contribution >= 4 is 11.8 Å². The van der Waals surface area contributed by atoms with Gasteiger partial charge in [0.2, 0.25) is 5.91 Å². The van der Waals surface area contributed by atoms with E-state index in [9.17, 15) is 14.7 Å². The summed E-state index contributed by atoms with van der Waals surface area (Å²) in [4.78, 5) is 23.8. The quantitative estimate of drug-likeness (QED) is 0.712. The van der Waals surface area contributed by atoms with E-state index in [1.165, 1.54) is 6.26 Å². The smallest absolute Gasteiger partial charge is 0.255 e. The average molecular weight is 316 g/mol. The molecule has 0 fully saturated rings. The molecule has 0 saturated carbocycles. The predicted octanol–water partition coefficient (Wildman–Crippen LogP) is 1.04. The van der Waals surface area contributed by atoms with Gasteiger partial charge in [-0.25, -0.2) is 0 Å². The van der Waals surface area contributed by atoms with Crippen LogP contribution in [0.5, 0.6) is 0 Å². The van der Waals surface area contributed by atoms with Crippen LogP contribution in [0.3, 0.4) is 0 Å². The number of amides is 2. The molecule has 2 aromatic rings. The Kier molecular flexibility index (Phi) is 5.94. The van der Waals surface area contributed by atoms with Gasteiger partial charge in [-0.2, -0.15) is 0 Å². The highest BCUT2D eigenvalue weighted by Crippen LogP contribution is 2.07. The molecule has 0 spiro atoms. The highest BCUT2D eigenvalue weighted by Gasteiger charge is 2.15. The van der Waals surface area contributed by atoms with Gasteiger partial charge in [0.15, 0.2) is 0 Å². The van der Waals surface area contributed by atoms with Crippen molar-refractivity contribution in [1.82, 2.24) is 10.6 Å². The first kappa shape index (κ1) is 16.8. The predicted molar refractivity (Wildman–Crippen MR) is 84.9 cm³/mol. The molecule has 23 heavy (non-hydrogen) atoms. The van der Waals surface area contributed by atoms with Gasteiger partial charge in [0.1, 0.15) is 5.76 Å². The Balaban J connectivity index is 1.81. The molecule has 6 heteroatoms. The van der Waals surface area contributed by atoms with Crippen LogP contribution >= 0.6 is 0 Å². The largest absolute Gasteiger partial charge is 0.469 e. The number of furan rings is 1.